The molecule has 1 aromatic carbocycles. The van der Waals surface area contributed by atoms with Crippen molar-refractivity contribution < 1.29 is 14.3 Å². The van der Waals surface area contributed by atoms with Gasteiger partial charge < -0.3 is 14.8 Å². The van der Waals surface area contributed by atoms with E-state index in [1.165, 1.54) is 0 Å². The van der Waals surface area contributed by atoms with E-state index in [0.717, 1.165) is 41.9 Å². The summed E-state index contributed by atoms with van der Waals surface area (Å²) < 4.78 is 13.3. The Morgan fingerprint density at radius 3 is 2.93 bits per heavy atom. The number of aromatic nitrogens is 2. The maximum absolute atomic E-state index is 12.8. The zero-order valence-corrected chi connectivity index (χ0v) is 17.7. The monoisotopic (exact) mass is 405 g/mol. The number of halogens is 1. The standard InChI is InChI=1S/C21H28ClN3O3/c1-5-7-8-25-20(22)19(14(4)24-25)21(26)23-12-16-11-18-15(9-13(3)28-18)10-17(16)27-6-2/h10-11,13H,5-9,12H2,1-4H3,(H,23,26)/t13-/m1/s1. The fraction of sp³-hybridized carbons (Fsp3) is 0.524. The summed E-state index contributed by atoms with van der Waals surface area (Å²) in [6.07, 6.45) is 3.03. The lowest BCUT2D eigenvalue weighted by molar-refractivity contribution is 0.0950. The van der Waals surface area contributed by atoms with Gasteiger partial charge >= 0.3 is 0 Å². The molecule has 0 aliphatic carbocycles. The molecule has 3 rings (SSSR count). The third-order valence-electron chi connectivity index (χ3n) is 4.83. The lowest BCUT2D eigenvalue weighted by atomic mass is 10.1. The second kappa shape index (κ2) is 8.86. The van der Waals surface area contributed by atoms with Gasteiger partial charge in [0.05, 0.1) is 17.9 Å². The van der Waals surface area contributed by atoms with Gasteiger partial charge in [0, 0.05) is 30.6 Å². The molecule has 1 aliphatic heterocycles. The molecule has 1 N–H and O–H groups in total. The van der Waals surface area contributed by atoms with Crippen LogP contribution in [0.3, 0.4) is 0 Å². The number of fused-ring (bicyclic) bond motifs is 1. The van der Waals surface area contributed by atoms with Gasteiger partial charge in [-0.15, -0.1) is 0 Å². The summed E-state index contributed by atoms with van der Waals surface area (Å²) in [5.41, 5.74) is 3.09. The number of rotatable bonds is 8. The molecule has 0 saturated carbocycles. The molecule has 0 radical (unpaired) electrons. The van der Waals surface area contributed by atoms with Crippen molar-refractivity contribution in [3.63, 3.8) is 0 Å². The minimum Gasteiger partial charge on any atom is -0.494 e. The Kier molecular flexibility index (Phi) is 6.50. The fourth-order valence-electron chi connectivity index (χ4n) is 3.44. The molecule has 0 spiro atoms. The number of nitrogens with one attached hydrogen (secondary N) is 1. The van der Waals surface area contributed by atoms with Crippen LogP contribution in [0.5, 0.6) is 11.5 Å². The van der Waals surface area contributed by atoms with Gasteiger partial charge in [-0.05, 0) is 39.3 Å². The maximum Gasteiger partial charge on any atom is 0.256 e. The Balaban J connectivity index is 1.76. The Hall–Kier alpha value is -2.21. The van der Waals surface area contributed by atoms with Gasteiger partial charge in [-0.2, -0.15) is 5.10 Å². The summed E-state index contributed by atoms with van der Waals surface area (Å²) in [4.78, 5) is 12.8. The molecule has 1 atom stereocenters. The van der Waals surface area contributed by atoms with Gasteiger partial charge in [0.1, 0.15) is 22.8 Å². The smallest absolute Gasteiger partial charge is 0.256 e. The fourth-order valence-corrected chi connectivity index (χ4v) is 3.79. The van der Waals surface area contributed by atoms with Crippen molar-refractivity contribution in [1.29, 1.82) is 0 Å². The zero-order valence-electron chi connectivity index (χ0n) is 17.0. The van der Waals surface area contributed by atoms with Crippen LogP contribution in [0.25, 0.3) is 0 Å². The lowest BCUT2D eigenvalue weighted by Gasteiger charge is -2.13. The number of carbonyl (C=O) groups excluding carboxylic acids is 1. The molecular weight excluding hydrogens is 378 g/mol. The van der Waals surface area contributed by atoms with E-state index < -0.39 is 0 Å². The summed E-state index contributed by atoms with van der Waals surface area (Å²) in [6.45, 7) is 9.50. The van der Waals surface area contributed by atoms with Crippen LogP contribution < -0.4 is 14.8 Å². The Labute approximate surface area is 171 Å². The van der Waals surface area contributed by atoms with E-state index >= 15 is 0 Å². The number of nitrogens with zero attached hydrogens (tertiary/aromatic N) is 2. The number of unbranched alkanes of at least 4 members (excludes halogenated alkanes) is 1. The molecule has 1 amide bonds. The van der Waals surface area contributed by atoms with Gasteiger partial charge in [-0.3, -0.25) is 9.48 Å². The quantitative estimate of drug-likeness (QED) is 0.711. The predicted octanol–water partition coefficient (Wildman–Crippen LogP) is 4.30. The molecule has 0 unspecified atom stereocenters. The first kappa shape index (κ1) is 20.5. The number of ether oxygens (including phenoxy) is 2. The Morgan fingerprint density at radius 2 is 2.21 bits per heavy atom. The molecule has 28 heavy (non-hydrogen) atoms. The molecule has 0 saturated heterocycles. The number of carbonyl (C=O) groups is 1. The summed E-state index contributed by atoms with van der Waals surface area (Å²) in [6, 6.07) is 3.98. The highest BCUT2D eigenvalue weighted by molar-refractivity contribution is 6.33. The van der Waals surface area contributed by atoms with Crippen molar-refractivity contribution in [2.75, 3.05) is 6.61 Å². The van der Waals surface area contributed by atoms with Crippen LogP contribution in [-0.2, 0) is 19.5 Å². The minimum atomic E-state index is -0.234. The summed E-state index contributed by atoms with van der Waals surface area (Å²) in [5, 5.41) is 7.75. The zero-order chi connectivity index (χ0) is 20.3. The lowest BCUT2D eigenvalue weighted by Crippen LogP contribution is -2.24. The molecule has 7 heteroatoms. The maximum atomic E-state index is 12.8. The van der Waals surface area contributed by atoms with Gasteiger partial charge in [0.25, 0.3) is 5.91 Å². The van der Waals surface area contributed by atoms with E-state index in [1.807, 2.05) is 26.0 Å². The summed E-state index contributed by atoms with van der Waals surface area (Å²) in [7, 11) is 0. The average Bonchev–Trinajstić information content (AvgIpc) is 3.15. The first-order chi connectivity index (χ1) is 13.4. The third kappa shape index (κ3) is 4.27. The summed E-state index contributed by atoms with van der Waals surface area (Å²) in [5.74, 6) is 1.41. The molecule has 2 aromatic rings. The van der Waals surface area contributed by atoms with E-state index in [0.29, 0.717) is 36.1 Å². The highest BCUT2D eigenvalue weighted by Crippen LogP contribution is 2.35. The number of amides is 1. The average molecular weight is 406 g/mol. The van der Waals surface area contributed by atoms with Crippen molar-refractivity contribution in [2.45, 2.75) is 66.2 Å². The van der Waals surface area contributed by atoms with Crippen molar-refractivity contribution in [1.82, 2.24) is 15.1 Å². The van der Waals surface area contributed by atoms with Crippen molar-refractivity contribution in [3.8, 4) is 11.5 Å². The normalized spacial score (nSPS) is 15.2. The van der Waals surface area contributed by atoms with Crippen LogP contribution in [0.2, 0.25) is 5.15 Å². The first-order valence-electron chi connectivity index (χ1n) is 9.90. The van der Waals surface area contributed by atoms with Gasteiger partial charge in [0.2, 0.25) is 0 Å². The number of hydrogen-bond acceptors (Lipinski definition) is 4. The first-order valence-corrected chi connectivity index (χ1v) is 10.3. The highest BCUT2D eigenvalue weighted by atomic mass is 35.5. The molecule has 0 bridgehead atoms. The van der Waals surface area contributed by atoms with Crippen LogP contribution in [0.4, 0.5) is 0 Å². The van der Waals surface area contributed by atoms with Crippen molar-refractivity contribution >= 4 is 17.5 Å². The molecule has 1 aliphatic rings. The van der Waals surface area contributed by atoms with Gasteiger partial charge in [-0.1, -0.05) is 24.9 Å². The molecular formula is C21H28ClN3O3. The molecule has 0 fully saturated rings. The van der Waals surface area contributed by atoms with Crippen LogP contribution >= 0.6 is 11.6 Å². The number of hydrogen-bond donors (Lipinski definition) is 1. The number of benzene rings is 1. The Morgan fingerprint density at radius 1 is 1.43 bits per heavy atom. The van der Waals surface area contributed by atoms with Crippen LogP contribution in [0.1, 0.15) is 60.8 Å². The largest absolute Gasteiger partial charge is 0.494 e. The van der Waals surface area contributed by atoms with Crippen LogP contribution in [0, 0.1) is 6.92 Å². The van der Waals surface area contributed by atoms with E-state index in [2.05, 4.69) is 17.3 Å². The van der Waals surface area contributed by atoms with E-state index in [4.69, 9.17) is 21.1 Å². The second-order valence-corrected chi connectivity index (χ2v) is 7.50. The van der Waals surface area contributed by atoms with Gasteiger partial charge in [0.15, 0.2) is 0 Å². The van der Waals surface area contributed by atoms with Crippen molar-refractivity contribution in [2.24, 2.45) is 0 Å². The van der Waals surface area contributed by atoms with Crippen molar-refractivity contribution in [3.05, 3.63) is 39.7 Å². The molecule has 2 heterocycles. The molecule has 6 nitrogen and oxygen atoms in total. The van der Waals surface area contributed by atoms with Crippen LogP contribution in [-0.4, -0.2) is 28.4 Å². The third-order valence-corrected chi connectivity index (χ3v) is 5.22. The minimum absolute atomic E-state index is 0.157. The second-order valence-electron chi connectivity index (χ2n) is 7.14. The highest BCUT2D eigenvalue weighted by Gasteiger charge is 2.23. The predicted molar refractivity (Wildman–Crippen MR) is 109 cm³/mol. The summed E-state index contributed by atoms with van der Waals surface area (Å²) >= 11 is 6.41. The van der Waals surface area contributed by atoms with E-state index in [1.54, 1.807) is 11.6 Å². The van der Waals surface area contributed by atoms with E-state index in [-0.39, 0.29) is 12.0 Å². The molecule has 1 aromatic heterocycles. The number of aryl methyl sites for hydroxylation is 2. The van der Waals surface area contributed by atoms with E-state index in [9.17, 15) is 4.79 Å². The topological polar surface area (TPSA) is 65.4 Å². The molecule has 152 valence electrons. The van der Waals surface area contributed by atoms with Crippen LogP contribution in [0.15, 0.2) is 12.1 Å². The SMILES string of the molecule is CCCCn1nc(C)c(C(=O)NCc2cc3c(cc2OCC)C[C@@H](C)O3)c1Cl. The Bertz CT molecular complexity index is 863. The van der Waals surface area contributed by atoms with Gasteiger partial charge in [-0.25, -0.2) is 0 Å².